The second kappa shape index (κ2) is 5.28. The molecule has 0 saturated heterocycles. The molecule has 0 atom stereocenters. The number of rotatable bonds is 4. The molecule has 0 fully saturated rings. The van der Waals surface area contributed by atoms with Crippen LogP contribution in [-0.4, -0.2) is 24.5 Å². The van der Waals surface area contributed by atoms with Crippen molar-refractivity contribution in [2.24, 2.45) is 14.1 Å². The number of carbonyl (C=O) groups is 1. The minimum absolute atomic E-state index is 0.0203. The van der Waals surface area contributed by atoms with Crippen LogP contribution in [0.15, 0.2) is 28.2 Å². The van der Waals surface area contributed by atoms with Crippen LogP contribution in [0.4, 0.5) is 0 Å². The molecule has 2 aromatic heterocycles. The zero-order chi connectivity index (χ0) is 14.9. The second-order valence-corrected chi connectivity index (χ2v) is 4.64. The average Bonchev–Trinajstić information content (AvgIpc) is 2.80. The van der Waals surface area contributed by atoms with Gasteiger partial charge in [-0.05, 0) is 6.92 Å². The lowest BCUT2D eigenvalue weighted by Gasteiger charge is -2.09. The monoisotopic (exact) mass is 276 g/mol. The molecule has 2 aromatic rings. The topological polar surface area (TPSA) is 78.9 Å². The molecule has 2 heterocycles. The fourth-order valence-electron chi connectivity index (χ4n) is 1.99. The third kappa shape index (κ3) is 2.47. The first-order valence-corrected chi connectivity index (χ1v) is 6.19. The molecule has 7 heteroatoms. The summed E-state index contributed by atoms with van der Waals surface area (Å²) >= 11 is 0. The third-order valence-electron chi connectivity index (χ3n) is 3.23. The number of aromatic nitrogens is 4. The second-order valence-electron chi connectivity index (χ2n) is 4.64. The van der Waals surface area contributed by atoms with Gasteiger partial charge in [0, 0.05) is 45.7 Å². The van der Waals surface area contributed by atoms with Gasteiger partial charge in [0.2, 0.25) is 0 Å². The van der Waals surface area contributed by atoms with Gasteiger partial charge in [-0.3, -0.25) is 18.7 Å². The average molecular weight is 276 g/mol. The Bertz CT molecular complexity index is 767. The molecule has 0 aromatic carbocycles. The molecule has 0 aliphatic rings. The highest BCUT2D eigenvalue weighted by molar-refractivity contribution is 5.93. The van der Waals surface area contributed by atoms with Crippen molar-refractivity contribution in [3.63, 3.8) is 0 Å². The van der Waals surface area contributed by atoms with Crippen LogP contribution in [0.1, 0.15) is 23.1 Å². The fourth-order valence-corrected chi connectivity index (χ4v) is 1.99. The predicted octanol–water partition coefficient (Wildman–Crippen LogP) is -0.274. The van der Waals surface area contributed by atoms with Gasteiger partial charge in [0.25, 0.3) is 5.56 Å². The summed E-state index contributed by atoms with van der Waals surface area (Å²) in [5.74, 6) is 0.478. The van der Waals surface area contributed by atoms with E-state index in [1.54, 1.807) is 6.20 Å². The normalized spacial score (nSPS) is 10.8. The van der Waals surface area contributed by atoms with Crippen LogP contribution in [0.5, 0.6) is 0 Å². The first kappa shape index (κ1) is 14.0. The van der Waals surface area contributed by atoms with Gasteiger partial charge in [-0.15, -0.1) is 0 Å². The summed E-state index contributed by atoms with van der Waals surface area (Å²) in [5.41, 5.74) is -0.975. The van der Waals surface area contributed by atoms with E-state index in [1.807, 2.05) is 17.8 Å². The lowest BCUT2D eigenvalue weighted by atomic mass is 10.2. The van der Waals surface area contributed by atoms with E-state index in [0.29, 0.717) is 13.0 Å². The minimum Gasteiger partial charge on any atom is -0.338 e. The first-order valence-electron chi connectivity index (χ1n) is 6.19. The molecule has 0 amide bonds. The molecule has 0 N–H and O–H groups in total. The molecule has 0 aliphatic carbocycles. The lowest BCUT2D eigenvalue weighted by Crippen LogP contribution is -2.40. The molecule has 0 aliphatic heterocycles. The zero-order valence-corrected chi connectivity index (χ0v) is 11.7. The number of hydrogen-bond donors (Lipinski definition) is 0. The highest BCUT2D eigenvalue weighted by atomic mass is 16.2. The van der Waals surface area contributed by atoms with E-state index >= 15 is 0 Å². The van der Waals surface area contributed by atoms with E-state index in [1.165, 1.54) is 24.7 Å². The maximum atomic E-state index is 12.0. The van der Waals surface area contributed by atoms with Gasteiger partial charge in [0.15, 0.2) is 5.78 Å². The smallest absolute Gasteiger partial charge is 0.330 e. The van der Waals surface area contributed by atoms with Crippen LogP contribution < -0.4 is 11.2 Å². The Morgan fingerprint density at radius 1 is 1.30 bits per heavy atom. The van der Waals surface area contributed by atoms with Crippen molar-refractivity contribution in [1.29, 1.82) is 0 Å². The van der Waals surface area contributed by atoms with E-state index in [9.17, 15) is 14.4 Å². The number of aryl methyl sites for hydroxylation is 3. The quantitative estimate of drug-likeness (QED) is 0.720. The fraction of sp³-hybridized carbons (Fsp3) is 0.385. The zero-order valence-electron chi connectivity index (χ0n) is 11.7. The summed E-state index contributed by atoms with van der Waals surface area (Å²) in [6, 6.07) is 0. The van der Waals surface area contributed by atoms with Crippen LogP contribution in [0.25, 0.3) is 0 Å². The molecule has 2 rings (SSSR count). The van der Waals surface area contributed by atoms with Crippen molar-refractivity contribution in [3.05, 3.63) is 50.8 Å². The Kier molecular flexibility index (Phi) is 3.69. The van der Waals surface area contributed by atoms with Crippen molar-refractivity contribution in [2.45, 2.75) is 19.9 Å². The van der Waals surface area contributed by atoms with Crippen LogP contribution in [0.3, 0.4) is 0 Å². The standard InChI is InChI=1S/C13H16N4O3/c1-9(18)10-8-17(13(20)16(3)12(10)19)6-4-11-14-5-7-15(11)2/h5,7-8H,4,6H2,1-3H3. The van der Waals surface area contributed by atoms with Crippen LogP contribution in [-0.2, 0) is 27.1 Å². The molecule has 0 spiro atoms. The maximum Gasteiger partial charge on any atom is 0.330 e. The minimum atomic E-state index is -0.559. The maximum absolute atomic E-state index is 12.0. The molecule has 0 radical (unpaired) electrons. The van der Waals surface area contributed by atoms with Crippen molar-refractivity contribution in [2.75, 3.05) is 0 Å². The van der Waals surface area contributed by atoms with Gasteiger partial charge in [-0.1, -0.05) is 0 Å². The number of ketones is 1. The van der Waals surface area contributed by atoms with E-state index < -0.39 is 11.2 Å². The van der Waals surface area contributed by atoms with E-state index in [4.69, 9.17) is 0 Å². The Labute approximate surface area is 115 Å². The summed E-state index contributed by atoms with van der Waals surface area (Å²) in [6.07, 6.45) is 5.37. The molecular weight excluding hydrogens is 260 g/mol. The predicted molar refractivity (Wildman–Crippen MR) is 72.9 cm³/mol. The number of nitrogens with zero attached hydrogens (tertiary/aromatic N) is 4. The Balaban J connectivity index is 2.37. The van der Waals surface area contributed by atoms with E-state index in [0.717, 1.165) is 10.4 Å². The van der Waals surface area contributed by atoms with Crippen LogP contribution in [0.2, 0.25) is 0 Å². The van der Waals surface area contributed by atoms with Crippen molar-refractivity contribution >= 4 is 5.78 Å². The highest BCUT2D eigenvalue weighted by Crippen LogP contribution is 1.98. The Morgan fingerprint density at radius 3 is 2.55 bits per heavy atom. The van der Waals surface area contributed by atoms with E-state index in [2.05, 4.69) is 4.98 Å². The molecule has 106 valence electrons. The van der Waals surface area contributed by atoms with Gasteiger partial charge in [0.05, 0.1) is 5.56 Å². The molecule has 0 bridgehead atoms. The van der Waals surface area contributed by atoms with Crippen molar-refractivity contribution < 1.29 is 4.79 Å². The summed E-state index contributed by atoms with van der Waals surface area (Å²) in [4.78, 5) is 39.4. The molecule has 7 nitrogen and oxygen atoms in total. The van der Waals surface area contributed by atoms with Crippen molar-refractivity contribution in [3.8, 4) is 0 Å². The van der Waals surface area contributed by atoms with Crippen LogP contribution in [0, 0.1) is 0 Å². The Morgan fingerprint density at radius 2 is 2.00 bits per heavy atom. The first-order chi connectivity index (χ1) is 9.41. The number of imidazole rings is 1. The van der Waals surface area contributed by atoms with Gasteiger partial charge in [0.1, 0.15) is 5.82 Å². The molecule has 20 heavy (non-hydrogen) atoms. The molecule has 0 saturated carbocycles. The molecular formula is C13H16N4O3. The molecule has 0 unspecified atom stereocenters. The summed E-state index contributed by atoms with van der Waals surface area (Å²) in [7, 11) is 3.24. The van der Waals surface area contributed by atoms with E-state index in [-0.39, 0.29) is 11.3 Å². The van der Waals surface area contributed by atoms with Gasteiger partial charge >= 0.3 is 5.69 Å². The Hall–Kier alpha value is -2.44. The van der Waals surface area contributed by atoms with Gasteiger partial charge < -0.3 is 4.57 Å². The SMILES string of the molecule is CC(=O)c1cn(CCc2nccn2C)c(=O)n(C)c1=O. The van der Waals surface area contributed by atoms with Crippen molar-refractivity contribution in [1.82, 2.24) is 18.7 Å². The number of carbonyl (C=O) groups excluding carboxylic acids is 1. The summed E-state index contributed by atoms with van der Waals surface area (Å²) < 4.78 is 4.18. The summed E-state index contributed by atoms with van der Waals surface area (Å²) in [5, 5.41) is 0. The third-order valence-corrected chi connectivity index (χ3v) is 3.23. The van der Waals surface area contributed by atoms with Gasteiger partial charge in [-0.2, -0.15) is 0 Å². The van der Waals surface area contributed by atoms with Gasteiger partial charge in [-0.25, -0.2) is 9.78 Å². The summed E-state index contributed by atoms with van der Waals surface area (Å²) in [6.45, 7) is 1.67. The highest BCUT2D eigenvalue weighted by Gasteiger charge is 2.12. The lowest BCUT2D eigenvalue weighted by molar-refractivity contribution is 0.101. The number of Topliss-reactive ketones (excluding diaryl/α,β-unsaturated/α-hetero) is 1. The van der Waals surface area contributed by atoms with Crippen LogP contribution >= 0.6 is 0 Å². The largest absolute Gasteiger partial charge is 0.338 e. The number of hydrogen-bond acceptors (Lipinski definition) is 4.